The van der Waals surface area contributed by atoms with Crippen molar-refractivity contribution in [1.82, 2.24) is 5.32 Å². The van der Waals surface area contributed by atoms with Gasteiger partial charge in [0.25, 0.3) is 0 Å². The molecule has 2 rings (SSSR count). The fourth-order valence-electron chi connectivity index (χ4n) is 3.16. The smallest absolute Gasteiger partial charge is 0.238 e. The molecule has 1 saturated carbocycles. The lowest BCUT2D eigenvalue weighted by atomic mass is 9.83. The predicted molar refractivity (Wildman–Crippen MR) is 85.7 cm³/mol. The molecule has 0 unspecified atom stereocenters. The maximum absolute atomic E-state index is 12.0. The normalized spacial score (nSPS) is 16.7. The maximum atomic E-state index is 12.0. The van der Waals surface area contributed by atoms with Crippen LogP contribution in [0, 0.1) is 5.41 Å². The van der Waals surface area contributed by atoms with Crippen molar-refractivity contribution >= 4 is 11.6 Å². The molecule has 4 heteroatoms. The summed E-state index contributed by atoms with van der Waals surface area (Å²) in [6.07, 6.45) is 6.40. The molecule has 0 aromatic heterocycles. The Labute approximate surface area is 127 Å². The van der Waals surface area contributed by atoms with Crippen LogP contribution in [0.3, 0.4) is 0 Å². The molecule has 4 nitrogen and oxygen atoms in total. The zero-order chi connectivity index (χ0) is 15.1. The van der Waals surface area contributed by atoms with Gasteiger partial charge in [0.1, 0.15) is 5.75 Å². The minimum absolute atomic E-state index is 0.0243. The SMILES string of the molecule is CCC1(CNCC(=O)Nc2ccccc2OC)CCCC1. The van der Waals surface area contributed by atoms with Gasteiger partial charge in [0.15, 0.2) is 0 Å². The van der Waals surface area contributed by atoms with E-state index in [0.29, 0.717) is 17.7 Å². The van der Waals surface area contributed by atoms with Crippen molar-refractivity contribution in [2.24, 2.45) is 5.41 Å². The minimum Gasteiger partial charge on any atom is -0.495 e. The molecule has 0 aliphatic heterocycles. The molecule has 1 aromatic rings. The van der Waals surface area contributed by atoms with Gasteiger partial charge in [-0.05, 0) is 36.8 Å². The number of ether oxygens (including phenoxy) is 1. The largest absolute Gasteiger partial charge is 0.495 e. The minimum atomic E-state index is -0.0243. The third kappa shape index (κ3) is 4.21. The fraction of sp³-hybridized carbons (Fsp3) is 0.588. The van der Waals surface area contributed by atoms with Crippen molar-refractivity contribution < 1.29 is 9.53 Å². The van der Waals surface area contributed by atoms with Gasteiger partial charge in [0.2, 0.25) is 5.91 Å². The lowest BCUT2D eigenvalue weighted by Gasteiger charge is -2.27. The number of benzene rings is 1. The van der Waals surface area contributed by atoms with Gasteiger partial charge in [-0.3, -0.25) is 4.79 Å². The highest BCUT2D eigenvalue weighted by atomic mass is 16.5. The van der Waals surface area contributed by atoms with Gasteiger partial charge < -0.3 is 15.4 Å². The Bertz CT molecular complexity index is 468. The Morgan fingerprint density at radius 3 is 2.67 bits per heavy atom. The molecule has 1 aliphatic carbocycles. The van der Waals surface area contributed by atoms with Crippen LogP contribution in [-0.2, 0) is 4.79 Å². The molecular formula is C17H26N2O2. The van der Waals surface area contributed by atoms with E-state index in [9.17, 15) is 4.79 Å². The van der Waals surface area contributed by atoms with Gasteiger partial charge in [-0.15, -0.1) is 0 Å². The summed E-state index contributed by atoms with van der Waals surface area (Å²) in [6.45, 7) is 3.53. The molecule has 0 spiro atoms. The number of rotatable bonds is 7. The number of amides is 1. The lowest BCUT2D eigenvalue weighted by Crippen LogP contribution is -2.36. The highest BCUT2D eigenvalue weighted by Crippen LogP contribution is 2.40. The molecule has 1 fully saturated rings. The molecule has 0 heterocycles. The summed E-state index contributed by atoms with van der Waals surface area (Å²) in [4.78, 5) is 12.0. The van der Waals surface area contributed by atoms with E-state index in [0.717, 1.165) is 12.2 Å². The number of anilines is 1. The topological polar surface area (TPSA) is 50.4 Å². The van der Waals surface area contributed by atoms with Crippen LogP contribution in [0.4, 0.5) is 5.69 Å². The summed E-state index contributed by atoms with van der Waals surface area (Å²) in [7, 11) is 1.61. The predicted octanol–water partition coefficient (Wildman–Crippen LogP) is 3.19. The third-order valence-corrected chi connectivity index (χ3v) is 4.58. The number of para-hydroxylation sites is 2. The van der Waals surface area contributed by atoms with Crippen LogP contribution in [0.1, 0.15) is 39.0 Å². The lowest BCUT2D eigenvalue weighted by molar-refractivity contribution is -0.115. The number of nitrogens with one attached hydrogen (secondary N) is 2. The summed E-state index contributed by atoms with van der Waals surface area (Å²) in [6, 6.07) is 7.46. The highest BCUT2D eigenvalue weighted by Gasteiger charge is 2.31. The molecule has 2 N–H and O–H groups in total. The first-order chi connectivity index (χ1) is 10.2. The fourth-order valence-corrected chi connectivity index (χ4v) is 3.16. The molecule has 1 aliphatic rings. The van der Waals surface area contributed by atoms with Crippen LogP contribution in [0.15, 0.2) is 24.3 Å². The van der Waals surface area contributed by atoms with Crippen molar-refractivity contribution in [3.63, 3.8) is 0 Å². The van der Waals surface area contributed by atoms with E-state index in [1.807, 2.05) is 24.3 Å². The Balaban J connectivity index is 1.79. The van der Waals surface area contributed by atoms with E-state index in [4.69, 9.17) is 4.74 Å². The van der Waals surface area contributed by atoms with Crippen LogP contribution in [-0.4, -0.2) is 26.1 Å². The second kappa shape index (κ2) is 7.46. The Kier molecular flexibility index (Phi) is 5.62. The van der Waals surface area contributed by atoms with E-state index in [2.05, 4.69) is 17.6 Å². The number of carbonyl (C=O) groups excluding carboxylic acids is 1. The molecule has 0 radical (unpaired) electrons. The van der Waals surface area contributed by atoms with Gasteiger partial charge in [0.05, 0.1) is 19.3 Å². The van der Waals surface area contributed by atoms with Crippen LogP contribution >= 0.6 is 0 Å². The van der Waals surface area contributed by atoms with Gasteiger partial charge in [-0.1, -0.05) is 31.9 Å². The van der Waals surface area contributed by atoms with E-state index >= 15 is 0 Å². The van der Waals surface area contributed by atoms with Gasteiger partial charge in [-0.25, -0.2) is 0 Å². The second-order valence-corrected chi connectivity index (χ2v) is 5.91. The Morgan fingerprint density at radius 1 is 1.29 bits per heavy atom. The Hall–Kier alpha value is -1.55. The van der Waals surface area contributed by atoms with Crippen LogP contribution in [0.25, 0.3) is 0 Å². The van der Waals surface area contributed by atoms with Gasteiger partial charge in [0, 0.05) is 6.54 Å². The molecule has 0 bridgehead atoms. The van der Waals surface area contributed by atoms with Crippen molar-refractivity contribution in [3.8, 4) is 5.75 Å². The molecule has 0 saturated heterocycles. The maximum Gasteiger partial charge on any atom is 0.238 e. The summed E-state index contributed by atoms with van der Waals surface area (Å²) in [5.41, 5.74) is 1.13. The van der Waals surface area contributed by atoms with Crippen molar-refractivity contribution in [3.05, 3.63) is 24.3 Å². The summed E-state index contributed by atoms with van der Waals surface area (Å²) < 4.78 is 5.23. The summed E-state index contributed by atoms with van der Waals surface area (Å²) in [5, 5.41) is 6.21. The quantitative estimate of drug-likeness (QED) is 0.811. The molecule has 1 amide bonds. The first-order valence-corrected chi connectivity index (χ1v) is 7.83. The number of methoxy groups -OCH3 is 1. The average Bonchev–Trinajstić information content (AvgIpc) is 2.97. The zero-order valence-electron chi connectivity index (χ0n) is 13.1. The first kappa shape index (κ1) is 15.8. The second-order valence-electron chi connectivity index (χ2n) is 5.91. The number of hydrogen-bond donors (Lipinski definition) is 2. The average molecular weight is 290 g/mol. The van der Waals surface area contributed by atoms with E-state index in [-0.39, 0.29) is 5.91 Å². The Morgan fingerprint density at radius 2 is 2.00 bits per heavy atom. The van der Waals surface area contributed by atoms with E-state index < -0.39 is 0 Å². The molecular weight excluding hydrogens is 264 g/mol. The highest BCUT2D eigenvalue weighted by molar-refractivity contribution is 5.93. The molecule has 21 heavy (non-hydrogen) atoms. The first-order valence-electron chi connectivity index (χ1n) is 7.83. The van der Waals surface area contributed by atoms with Crippen molar-refractivity contribution in [2.75, 3.05) is 25.5 Å². The number of hydrogen-bond acceptors (Lipinski definition) is 3. The van der Waals surface area contributed by atoms with E-state index in [1.54, 1.807) is 7.11 Å². The molecule has 0 atom stereocenters. The van der Waals surface area contributed by atoms with Crippen molar-refractivity contribution in [2.45, 2.75) is 39.0 Å². The monoisotopic (exact) mass is 290 g/mol. The van der Waals surface area contributed by atoms with Gasteiger partial charge >= 0.3 is 0 Å². The summed E-state index contributed by atoms with van der Waals surface area (Å²) >= 11 is 0. The van der Waals surface area contributed by atoms with Crippen LogP contribution in [0.5, 0.6) is 5.75 Å². The molecule has 116 valence electrons. The van der Waals surface area contributed by atoms with Crippen LogP contribution in [0.2, 0.25) is 0 Å². The number of carbonyl (C=O) groups is 1. The van der Waals surface area contributed by atoms with Crippen LogP contribution < -0.4 is 15.4 Å². The molecule has 1 aromatic carbocycles. The summed E-state index contributed by atoms with van der Waals surface area (Å²) in [5.74, 6) is 0.662. The zero-order valence-corrected chi connectivity index (χ0v) is 13.1. The standard InChI is InChI=1S/C17H26N2O2/c1-3-17(10-6-7-11-17)13-18-12-16(20)19-14-8-4-5-9-15(14)21-2/h4-5,8-9,18H,3,6-7,10-13H2,1-2H3,(H,19,20). The third-order valence-electron chi connectivity index (χ3n) is 4.58. The van der Waals surface area contributed by atoms with Gasteiger partial charge in [-0.2, -0.15) is 0 Å². The van der Waals surface area contributed by atoms with Crippen molar-refractivity contribution in [1.29, 1.82) is 0 Å². The van der Waals surface area contributed by atoms with E-state index in [1.165, 1.54) is 32.1 Å².